The zero-order chi connectivity index (χ0) is 18.7. The summed E-state index contributed by atoms with van der Waals surface area (Å²) in [6, 6.07) is 16.5. The maximum absolute atomic E-state index is 5.20. The van der Waals surface area contributed by atoms with Crippen LogP contribution in [-0.4, -0.2) is 17.9 Å². The van der Waals surface area contributed by atoms with Crippen molar-refractivity contribution in [3.63, 3.8) is 0 Å². The largest absolute Gasteiger partial charge is 0.497 e. The third kappa shape index (κ3) is 3.43. The summed E-state index contributed by atoms with van der Waals surface area (Å²) in [4.78, 5) is 4.63. The predicted octanol–water partition coefficient (Wildman–Crippen LogP) is 5.72. The highest BCUT2D eigenvalue weighted by Crippen LogP contribution is 2.26. The summed E-state index contributed by atoms with van der Waals surface area (Å²) in [5, 5.41) is 0. The van der Waals surface area contributed by atoms with Crippen LogP contribution < -0.4 is 4.74 Å². The van der Waals surface area contributed by atoms with Crippen LogP contribution in [0.15, 0.2) is 53.5 Å². The number of nitrogens with zero attached hydrogens (tertiary/aromatic N) is 2. The summed E-state index contributed by atoms with van der Waals surface area (Å²) in [5.74, 6) is 0.841. The van der Waals surface area contributed by atoms with E-state index >= 15 is 0 Å². The molecule has 0 saturated heterocycles. The van der Waals surface area contributed by atoms with E-state index in [0.717, 1.165) is 23.4 Å². The van der Waals surface area contributed by atoms with Gasteiger partial charge in [0, 0.05) is 23.2 Å². The highest BCUT2D eigenvalue weighted by atomic mass is 16.5. The average molecular weight is 346 g/mol. The van der Waals surface area contributed by atoms with Gasteiger partial charge in [-0.3, -0.25) is 4.99 Å². The number of aliphatic imine (C=N–C) groups is 1. The number of aryl methyl sites for hydroxylation is 3. The van der Waals surface area contributed by atoms with E-state index in [1.165, 1.54) is 28.2 Å². The van der Waals surface area contributed by atoms with Gasteiger partial charge in [-0.25, -0.2) is 0 Å². The second-order valence-electron chi connectivity index (χ2n) is 6.55. The van der Waals surface area contributed by atoms with Crippen molar-refractivity contribution in [3.8, 4) is 11.4 Å². The van der Waals surface area contributed by atoms with Crippen LogP contribution >= 0.6 is 0 Å². The summed E-state index contributed by atoms with van der Waals surface area (Å²) in [6.07, 6.45) is 2.97. The van der Waals surface area contributed by atoms with Gasteiger partial charge in [0.15, 0.2) is 0 Å². The van der Waals surface area contributed by atoms with Gasteiger partial charge in [0.2, 0.25) is 0 Å². The molecule has 0 aliphatic carbocycles. The van der Waals surface area contributed by atoms with Crippen molar-refractivity contribution in [2.45, 2.75) is 34.1 Å². The summed E-state index contributed by atoms with van der Waals surface area (Å²) < 4.78 is 7.55. The predicted molar refractivity (Wildman–Crippen MR) is 110 cm³/mol. The van der Waals surface area contributed by atoms with Crippen LogP contribution in [0.4, 0.5) is 5.69 Å². The first-order valence-electron chi connectivity index (χ1n) is 9.01. The van der Waals surface area contributed by atoms with Gasteiger partial charge in [-0.1, -0.05) is 25.1 Å². The standard InChI is InChI=1S/C23H26N2O/c1-6-19-9-7-8-16(2)23(19)25-17(3)14-20(18(25)4)15-24-21-10-12-22(26-5)13-11-21/h7-15H,6H2,1-5H3. The Kier molecular flexibility index (Phi) is 5.27. The van der Waals surface area contributed by atoms with Crippen LogP contribution in [0, 0.1) is 20.8 Å². The van der Waals surface area contributed by atoms with Crippen molar-refractivity contribution in [2.24, 2.45) is 4.99 Å². The number of benzene rings is 2. The van der Waals surface area contributed by atoms with Gasteiger partial charge in [-0.05, 0) is 68.7 Å². The molecular weight excluding hydrogens is 320 g/mol. The van der Waals surface area contributed by atoms with Gasteiger partial charge in [-0.2, -0.15) is 0 Å². The normalized spacial score (nSPS) is 11.3. The van der Waals surface area contributed by atoms with Crippen LogP contribution in [0.2, 0.25) is 0 Å². The van der Waals surface area contributed by atoms with Crippen molar-refractivity contribution in [1.29, 1.82) is 0 Å². The molecule has 0 spiro atoms. The van der Waals surface area contributed by atoms with Gasteiger partial charge in [-0.15, -0.1) is 0 Å². The first-order valence-corrected chi connectivity index (χ1v) is 9.01. The van der Waals surface area contributed by atoms with E-state index in [4.69, 9.17) is 4.74 Å². The van der Waals surface area contributed by atoms with E-state index in [-0.39, 0.29) is 0 Å². The topological polar surface area (TPSA) is 26.5 Å². The maximum atomic E-state index is 5.20. The van der Waals surface area contributed by atoms with Crippen LogP contribution in [0.3, 0.4) is 0 Å². The molecule has 26 heavy (non-hydrogen) atoms. The molecule has 0 aliphatic rings. The highest BCUT2D eigenvalue weighted by Gasteiger charge is 2.14. The fourth-order valence-corrected chi connectivity index (χ4v) is 3.40. The molecule has 1 aromatic heterocycles. The van der Waals surface area contributed by atoms with Crippen molar-refractivity contribution < 1.29 is 4.74 Å². The Labute approximate surface area is 156 Å². The number of rotatable bonds is 5. The van der Waals surface area contributed by atoms with Gasteiger partial charge < -0.3 is 9.30 Å². The Hall–Kier alpha value is -2.81. The Morgan fingerprint density at radius 3 is 2.42 bits per heavy atom. The first kappa shape index (κ1) is 18.0. The van der Waals surface area contributed by atoms with Gasteiger partial charge >= 0.3 is 0 Å². The minimum Gasteiger partial charge on any atom is -0.497 e. The Morgan fingerprint density at radius 1 is 1.04 bits per heavy atom. The lowest BCUT2D eigenvalue weighted by atomic mass is 10.1. The highest BCUT2D eigenvalue weighted by molar-refractivity contribution is 5.84. The molecule has 0 amide bonds. The second-order valence-corrected chi connectivity index (χ2v) is 6.55. The van der Waals surface area contributed by atoms with Crippen molar-refractivity contribution >= 4 is 11.9 Å². The molecule has 3 heteroatoms. The lowest BCUT2D eigenvalue weighted by Gasteiger charge is -2.17. The molecule has 0 unspecified atom stereocenters. The van der Waals surface area contributed by atoms with Gasteiger partial charge in [0.05, 0.1) is 18.5 Å². The molecule has 0 atom stereocenters. The van der Waals surface area contributed by atoms with Crippen LogP contribution in [0.1, 0.15) is 35.0 Å². The van der Waals surface area contributed by atoms with E-state index in [1.54, 1.807) is 7.11 Å². The zero-order valence-corrected chi connectivity index (χ0v) is 16.2. The van der Waals surface area contributed by atoms with Crippen molar-refractivity contribution in [1.82, 2.24) is 4.57 Å². The van der Waals surface area contributed by atoms with Crippen molar-refractivity contribution in [3.05, 3.63) is 76.6 Å². The average Bonchev–Trinajstić information content (AvgIpc) is 2.93. The maximum Gasteiger partial charge on any atom is 0.119 e. The third-order valence-electron chi connectivity index (χ3n) is 4.82. The molecule has 0 saturated carbocycles. The Balaban J connectivity index is 2.00. The number of aromatic nitrogens is 1. The number of hydrogen-bond donors (Lipinski definition) is 0. The molecule has 134 valence electrons. The summed E-state index contributed by atoms with van der Waals surface area (Å²) >= 11 is 0. The number of hydrogen-bond acceptors (Lipinski definition) is 2. The Bertz CT molecular complexity index is 934. The van der Waals surface area contributed by atoms with E-state index in [1.807, 2.05) is 30.5 Å². The lowest BCUT2D eigenvalue weighted by Crippen LogP contribution is -2.05. The quantitative estimate of drug-likeness (QED) is 0.542. The third-order valence-corrected chi connectivity index (χ3v) is 4.82. The van der Waals surface area contributed by atoms with E-state index < -0.39 is 0 Å². The molecule has 3 rings (SSSR count). The minimum absolute atomic E-state index is 0.841. The van der Waals surface area contributed by atoms with E-state index in [2.05, 4.69) is 61.5 Å². The molecule has 0 bridgehead atoms. The summed E-state index contributed by atoms with van der Waals surface area (Å²) in [7, 11) is 1.67. The van der Waals surface area contributed by atoms with Gasteiger partial charge in [0.25, 0.3) is 0 Å². The van der Waals surface area contributed by atoms with Crippen LogP contribution in [0.5, 0.6) is 5.75 Å². The number of ether oxygens (including phenoxy) is 1. The smallest absolute Gasteiger partial charge is 0.119 e. The summed E-state index contributed by atoms with van der Waals surface area (Å²) in [5.41, 5.74) is 8.46. The summed E-state index contributed by atoms with van der Waals surface area (Å²) in [6.45, 7) is 8.70. The molecule has 3 nitrogen and oxygen atoms in total. The molecule has 3 aromatic rings. The monoisotopic (exact) mass is 346 g/mol. The number of para-hydroxylation sites is 1. The number of methoxy groups -OCH3 is 1. The fraction of sp³-hybridized carbons (Fsp3) is 0.261. The van der Waals surface area contributed by atoms with E-state index in [9.17, 15) is 0 Å². The van der Waals surface area contributed by atoms with Gasteiger partial charge in [0.1, 0.15) is 5.75 Å². The SMILES string of the molecule is CCc1cccc(C)c1-n1c(C)cc(C=Nc2ccc(OC)cc2)c1C. The Morgan fingerprint density at radius 2 is 1.77 bits per heavy atom. The zero-order valence-electron chi connectivity index (χ0n) is 16.2. The molecule has 1 heterocycles. The van der Waals surface area contributed by atoms with Crippen LogP contribution in [0.25, 0.3) is 5.69 Å². The van der Waals surface area contributed by atoms with Crippen LogP contribution in [-0.2, 0) is 6.42 Å². The molecule has 0 radical (unpaired) electrons. The molecule has 0 N–H and O–H groups in total. The van der Waals surface area contributed by atoms with Crippen molar-refractivity contribution in [2.75, 3.05) is 7.11 Å². The van der Waals surface area contributed by atoms with E-state index in [0.29, 0.717) is 0 Å². The lowest BCUT2D eigenvalue weighted by molar-refractivity contribution is 0.415. The fourth-order valence-electron chi connectivity index (χ4n) is 3.40. The molecule has 0 fully saturated rings. The molecule has 0 aliphatic heterocycles. The molecule has 2 aromatic carbocycles. The minimum atomic E-state index is 0.841. The first-order chi connectivity index (χ1) is 12.5. The second kappa shape index (κ2) is 7.61. The molecular formula is C23H26N2O.